The van der Waals surface area contributed by atoms with Gasteiger partial charge in [-0.1, -0.05) is 0 Å². The fraction of sp³-hybridized carbons (Fsp3) is 0.143. The average molecular weight is 498 g/mol. The second kappa shape index (κ2) is 7.50. The van der Waals surface area contributed by atoms with Gasteiger partial charge in [-0.25, -0.2) is 0 Å². The Hall–Kier alpha value is -1.34. The maximum absolute atomic E-state index is 13.3. The van der Waals surface area contributed by atoms with E-state index in [1.165, 1.54) is 0 Å². The topological polar surface area (TPSA) is 43.4 Å². The van der Waals surface area contributed by atoms with Crippen LogP contribution in [0.1, 0.15) is 0 Å². The fourth-order valence-corrected chi connectivity index (χ4v) is 8.26. The first-order valence-corrected chi connectivity index (χ1v) is 10.8. The van der Waals surface area contributed by atoms with Crippen molar-refractivity contribution in [2.24, 2.45) is 0 Å². The summed E-state index contributed by atoms with van der Waals surface area (Å²) in [5.41, 5.74) is 0. The Balaban J connectivity index is 2.49. The predicted octanol–water partition coefficient (Wildman–Crippen LogP) is 4.63. The molecule has 2 rings (SSSR count). The molecule has 0 radical (unpaired) electrons. The van der Waals surface area contributed by atoms with Crippen LogP contribution in [0.3, 0.4) is 0 Å². The quantitative estimate of drug-likeness (QED) is 0.431. The van der Waals surface area contributed by atoms with Crippen LogP contribution >= 0.6 is 20.2 Å². The molecule has 0 aliphatic heterocycles. The van der Waals surface area contributed by atoms with E-state index in [9.17, 15) is 34.8 Å². The van der Waals surface area contributed by atoms with Crippen LogP contribution < -0.4 is 0 Å². The number of alkyl halides is 4. The molecule has 0 saturated heterocycles. The minimum absolute atomic E-state index is 0.0471. The molecule has 0 aliphatic carbocycles. The van der Waals surface area contributed by atoms with Gasteiger partial charge in [-0.3, -0.25) is 0 Å². The van der Waals surface area contributed by atoms with Gasteiger partial charge < -0.3 is 0 Å². The summed E-state index contributed by atoms with van der Waals surface area (Å²) in [6, 6.07) is 8.13. The molecule has 0 N–H and O–H groups in total. The van der Waals surface area contributed by atoms with Crippen molar-refractivity contribution >= 4 is 30.4 Å². The van der Waals surface area contributed by atoms with Crippen molar-refractivity contribution in [3.63, 3.8) is 0 Å². The summed E-state index contributed by atoms with van der Waals surface area (Å²) in [7, 11) is -5.98. The Labute approximate surface area is 146 Å². The molecule has 0 atom stereocenters. The molecule has 11 heteroatoms. The van der Waals surface area contributed by atoms with Crippen molar-refractivity contribution in [1.29, 1.82) is 0 Å². The summed E-state index contributed by atoms with van der Waals surface area (Å²) in [6.07, 6.45) is -4.49. The Morgan fingerprint density at radius 3 is 1.52 bits per heavy atom. The number of rotatable bonds is 6. The molecule has 0 bridgehead atoms. The van der Waals surface area contributed by atoms with Crippen molar-refractivity contribution in [3.8, 4) is 0 Å². The van der Waals surface area contributed by atoms with Gasteiger partial charge >= 0.3 is 147 Å². The summed E-state index contributed by atoms with van der Waals surface area (Å²) in [5, 5.41) is -5.41. The van der Waals surface area contributed by atoms with Crippen molar-refractivity contribution in [2.75, 3.05) is 0 Å². The zero-order valence-corrected chi connectivity index (χ0v) is 14.9. The number of halogens is 7. The van der Waals surface area contributed by atoms with E-state index in [1.54, 1.807) is 0 Å². The van der Waals surface area contributed by atoms with Gasteiger partial charge in [0, 0.05) is 0 Å². The Morgan fingerprint density at radius 2 is 1.20 bits per heavy atom. The van der Waals surface area contributed by atoms with Crippen LogP contribution in [0.2, 0.25) is 0 Å². The molecule has 0 amide bonds. The van der Waals surface area contributed by atoms with Gasteiger partial charge in [0.15, 0.2) is 0 Å². The fourth-order valence-electron chi connectivity index (χ4n) is 1.52. The maximum atomic E-state index is 13.3. The summed E-state index contributed by atoms with van der Waals surface area (Å²) in [4.78, 5) is 0. The van der Waals surface area contributed by atoms with E-state index >= 15 is 0 Å². The third-order valence-electron chi connectivity index (χ3n) is 2.74. The van der Waals surface area contributed by atoms with Gasteiger partial charge in [0.25, 0.3) is 0 Å². The van der Waals surface area contributed by atoms with Crippen LogP contribution in [0.5, 0.6) is 0 Å². The van der Waals surface area contributed by atoms with Crippen LogP contribution in [0.4, 0.5) is 26.3 Å². The predicted molar refractivity (Wildman–Crippen MR) is 85.2 cm³/mol. The Bertz CT molecular complexity index is 779. The standard InChI is InChI=1S/C14H9F6IO3S/c15-9-1-5-11(6-2-9)21(12-7-3-10(16)4-8-12)24-25(22,23)14(19,20)13(17)18/h1-8,13H. The first-order valence-electron chi connectivity index (χ1n) is 6.36. The zero-order valence-electron chi connectivity index (χ0n) is 12.0. The molecule has 3 nitrogen and oxygen atoms in total. The van der Waals surface area contributed by atoms with E-state index in [0.29, 0.717) is 0 Å². The van der Waals surface area contributed by atoms with Crippen molar-refractivity contribution in [3.05, 3.63) is 67.3 Å². The zero-order chi connectivity index (χ0) is 18.8. The first-order chi connectivity index (χ1) is 11.5. The normalized spacial score (nSPS) is 13.2. The van der Waals surface area contributed by atoms with Crippen LogP contribution in [0.15, 0.2) is 48.5 Å². The van der Waals surface area contributed by atoms with Crippen molar-refractivity contribution in [2.45, 2.75) is 11.7 Å². The monoisotopic (exact) mass is 498 g/mol. The van der Waals surface area contributed by atoms with Gasteiger partial charge in [-0.15, -0.1) is 0 Å². The summed E-state index contributed by atoms with van der Waals surface area (Å²) in [5.74, 6) is -1.36. The SMILES string of the molecule is O=S(=O)(OI(c1ccc(F)cc1)c1ccc(F)cc1)C(F)(F)C(F)F. The average Bonchev–Trinajstić information content (AvgIpc) is 2.54. The number of hydrogen-bond acceptors (Lipinski definition) is 3. The van der Waals surface area contributed by atoms with Crippen molar-refractivity contribution in [1.82, 2.24) is 0 Å². The number of hydrogen-bond donors (Lipinski definition) is 0. The molecular formula is C14H9F6IO3S. The number of benzene rings is 2. The van der Waals surface area contributed by atoms with Crippen LogP contribution in [-0.4, -0.2) is 20.1 Å². The van der Waals surface area contributed by atoms with E-state index in [1.807, 2.05) is 0 Å². The van der Waals surface area contributed by atoms with Crippen LogP contribution in [0.25, 0.3) is 0 Å². The van der Waals surface area contributed by atoms with Gasteiger partial charge in [-0.2, -0.15) is 0 Å². The van der Waals surface area contributed by atoms with Gasteiger partial charge in [0.05, 0.1) is 0 Å². The van der Waals surface area contributed by atoms with Gasteiger partial charge in [0.1, 0.15) is 0 Å². The molecule has 0 heterocycles. The Kier molecular flexibility index (Phi) is 5.99. The van der Waals surface area contributed by atoms with Crippen LogP contribution in [-0.2, 0) is 12.6 Å². The summed E-state index contributed by atoms with van der Waals surface area (Å²) in [6.45, 7) is 0. The first kappa shape index (κ1) is 20.0. The molecular weight excluding hydrogens is 489 g/mol. The van der Waals surface area contributed by atoms with Gasteiger partial charge in [-0.05, 0) is 0 Å². The van der Waals surface area contributed by atoms with E-state index in [4.69, 9.17) is 0 Å². The molecule has 138 valence electrons. The summed E-state index contributed by atoms with van der Waals surface area (Å²) >= 11 is -3.71. The molecule has 0 aromatic heterocycles. The second-order valence-corrected chi connectivity index (χ2v) is 11.1. The third kappa shape index (κ3) is 4.44. The van der Waals surface area contributed by atoms with Gasteiger partial charge in [0.2, 0.25) is 0 Å². The van der Waals surface area contributed by atoms with E-state index in [0.717, 1.165) is 48.5 Å². The van der Waals surface area contributed by atoms with E-state index in [2.05, 4.69) is 2.51 Å². The molecule has 2 aromatic rings. The second-order valence-electron chi connectivity index (χ2n) is 4.50. The van der Waals surface area contributed by atoms with E-state index in [-0.39, 0.29) is 7.14 Å². The van der Waals surface area contributed by atoms with E-state index < -0.39 is 53.7 Å². The molecule has 0 saturated carbocycles. The molecule has 0 aliphatic rings. The molecule has 25 heavy (non-hydrogen) atoms. The molecule has 0 unspecified atom stereocenters. The Morgan fingerprint density at radius 1 is 0.840 bits per heavy atom. The third-order valence-corrected chi connectivity index (χ3v) is 10.1. The van der Waals surface area contributed by atoms with Crippen molar-refractivity contribution < 1.29 is 37.3 Å². The molecule has 0 fully saturated rings. The molecule has 2 aromatic carbocycles. The summed E-state index contributed by atoms with van der Waals surface area (Å²) < 4.78 is 105. The van der Waals surface area contributed by atoms with Crippen LogP contribution in [0, 0.1) is 18.8 Å². The molecule has 0 spiro atoms. The minimum atomic E-state index is -5.98.